The first kappa shape index (κ1) is 11.9. The highest BCUT2D eigenvalue weighted by Crippen LogP contribution is 2.26. The lowest BCUT2D eigenvalue weighted by Gasteiger charge is -2.11. The molecule has 0 amide bonds. The maximum atomic E-state index is 5.44. The van der Waals surface area contributed by atoms with Gasteiger partial charge in [-0.3, -0.25) is 0 Å². The Bertz CT molecular complexity index is 300. The lowest BCUT2D eigenvalue weighted by atomic mass is 10.2. The summed E-state index contributed by atoms with van der Waals surface area (Å²) in [6.07, 6.45) is 2.26. The minimum atomic E-state index is 0.744. The van der Waals surface area contributed by atoms with Crippen LogP contribution < -0.4 is 15.1 Å². The van der Waals surface area contributed by atoms with Crippen LogP contribution in [0.15, 0.2) is 18.2 Å². The Hall–Kier alpha value is -1.22. The van der Waals surface area contributed by atoms with Crippen LogP contribution in [0.1, 0.15) is 25.3 Å². The number of nitrogens with one attached hydrogen (secondary N) is 1. The van der Waals surface area contributed by atoms with E-state index in [9.17, 15) is 0 Å². The number of ether oxygens (including phenoxy) is 1. The average Bonchev–Trinajstić information content (AvgIpc) is 2.25. The van der Waals surface area contributed by atoms with Crippen LogP contribution in [-0.4, -0.2) is 13.7 Å². The van der Waals surface area contributed by atoms with E-state index in [1.807, 2.05) is 25.1 Å². The summed E-state index contributed by atoms with van der Waals surface area (Å²) < 4.78 is 5.19. The van der Waals surface area contributed by atoms with Crippen LogP contribution in [0, 0.1) is 6.92 Å². The van der Waals surface area contributed by atoms with Crippen molar-refractivity contribution in [3.8, 4) is 11.5 Å². The summed E-state index contributed by atoms with van der Waals surface area (Å²) in [5.74, 6) is 1.50. The zero-order chi connectivity index (χ0) is 11.1. The topological polar surface area (TPSA) is 30.5 Å². The lowest BCUT2D eigenvalue weighted by Crippen LogP contribution is -2.19. The fourth-order valence-electron chi connectivity index (χ4n) is 1.24. The molecule has 0 atom stereocenters. The molecule has 0 aliphatic heterocycles. The molecule has 0 saturated heterocycles. The molecule has 1 aromatic carbocycles. The average molecular weight is 209 g/mol. The van der Waals surface area contributed by atoms with E-state index < -0.39 is 0 Å². The molecule has 0 fully saturated rings. The fourth-order valence-corrected chi connectivity index (χ4v) is 1.24. The highest BCUT2D eigenvalue weighted by atomic mass is 16.7. The molecule has 1 rings (SSSR count). The van der Waals surface area contributed by atoms with Crippen LogP contribution in [0.5, 0.6) is 11.5 Å². The van der Waals surface area contributed by atoms with Crippen LogP contribution in [0.25, 0.3) is 0 Å². The maximum Gasteiger partial charge on any atom is 0.189 e. The number of hydrogen-bond donors (Lipinski definition) is 1. The second-order valence-corrected chi connectivity index (χ2v) is 3.50. The molecule has 3 nitrogen and oxygen atoms in total. The van der Waals surface area contributed by atoms with Gasteiger partial charge in [0.15, 0.2) is 11.5 Å². The number of methoxy groups -OCH3 is 1. The number of unbranched alkanes of at least 4 members (excludes halogenated alkanes) is 1. The smallest absolute Gasteiger partial charge is 0.189 e. The molecule has 15 heavy (non-hydrogen) atoms. The van der Waals surface area contributed by atoms with Gasteiger partial charge in [0.1, 0.15) is 0 Å². The molecule has 3 heteroatoms. The van der Waals surface area contributed by atoms with E-state index in [4.69, 9.17) is 9.57 Å². The Labute approximate surface area is 91.4 Å². The van der Waals surface area contributed by atoms with Crippen LogP contribution in [0.2, 0.25) is 0 Å². The zero-order valence-corrected chi connectivity index (χ0v) is 9.67. The van der Waals surface area contributed by atoms with Crippen molar-refractivity contribution < 1.29 is 9.57 Å². The van der Waals surface area contributed by atoms with E-state index in [1.165, 1.54) is 0 Å². The summed E-state index contributed by atoms with van der Waals surface area (Å²) in [6, 6.07) is 5.86. The molecule has 0 bridgehead atoms. The van der Waals surface area contributed by atoms with Crippen LogP contribution in [0.4, 0.5) is 0 Å². The minimum absolute atomic E-state index is 0.744. The SMILES string of the molecule is CCCCNOc1cc(C)ccc1OC. The predicted octanol–water partition coefficient (Wildman–Crippen LogP) is 2.69. The molecule has 1 N–H and O–H groups in total. The Morgan fingerprint density at radius 3 is 2.73 bits per heavy atom. The Morgan fingerprint density at radius 2 is 2.07 bits per heavy atom. The van der Waals surface area contributed by atoms with Gasteiger partial charge in [-0.1, -0.05) is 19.4 Å². The van der Waals surface area contributed by atoms with Gasteiger partial charge in [-0.15, -0.1) is 0 Å². The molecule has 0 radical (unpaired) electrons. The summed E-state index contributed by atoms with van der Waals surface area (Å²) in [5.41, 5.74) is 4.08. The fraction of sp³-hybridized carbons (Fsp3) is 0.500. The van der Waals surface area contributed by atoms with Gasteiger partial charge < -0.3 is 9.57 Å². The minimum Gasteiger partial charge on any atom is -0.493 e. The molecule has 0 aromatic heterocycles. The van der Waals surface area contributed by atoms with Gasteiger partial charge in [0.2, 0.25) is 0 Å². The summed E-state index contributed by atoms with van der Waals surface area (Å²) in [7, 11) is 1.64. The second kappa shape index (κ2) is 6.30. The quantitative estimate of drug-likeness (QED) is 0.577. The number of hydroxylamine groups is 1. The Kier molecular flexibility index (Phi) is 4.98. The third kappa shape index (κ3) is 3.80. The predicted molar refractivity (Wildman–Crippen MR) is 61.3 cm³/mol. The highest BCUT2D eigenvalue weighted by Gasteiger charge is 2.03. The molecule has 1 aromatic rings. The van der Waals surface area contributed by atoms with Crippen molar-refractivity contribution in [1.29, 1.82) is 0 Å². The van der Waals surface area contributed by atoms with Crippen molar-refractivity contribution in [3.63, 3.8) is 0 Å². The van der Waals surface area contributed by atoms with E-state index >= 15 is 0 Å². The summed E-state index contributed by atoms with van der Waals surface area (Å²) in [4.78, 5) is 5.44. The molecule has 0 aliphatic rings. The summed E-state index contributed by atoms with van der Waals surface area (Å²) in [5, 5.41) is 0. The molecular formula is C12H19NO2. The van der Waals surface area contributed by atoms with E-state index in [2.05, 4.69) is 12.4 Å². The van der Waals surface area contributed by atoms with E-state index in [0.29, 0.717) is 0 Å². The number of benzene rings is 1. The van der Waals surface area contributed by atoms with Crippen molar-refractivity contribution in [2.75, 3.05) is 13.7 Å². The Balaban J connectivity index is 2.54. The van der Waals surface area contributed by atoms with Gasteiger partial charge in [-0.2, -0.15) is 5.48 Å². The molecule has 0 saturated carbocycles. The Morgan fingerprint density at radius 1 is 1.27 bits per heavy atom. The van der Waals surface area contributed by atoms with Crippen molar-refractivity contribution in [2.45, 2.75) is 26.7 Å². The third-order valence-corrected chi connectivity index (χ3v) is 2.13. The van der Waals surface area contributed by atoms with Gasteiger partial charge in [0.05, 0.1) is 7.11 Å². The van der Waals surface area contributed by atoms with Crippen LogP contribution >= 0.6 is 0 Å². The van der Waals surface area contributed by atoms with Gasteiger partial charge in [0.25, 0.3) is 0 Å². The number of rotatable bonds is 6. The standard InChI is InChI=1S/C12H19NO2/c1-4-5-8-13-15-12-9-10(2)6-7-11(12)14-3/h6-7,9,13H,4-5,8H2,1-3H3. The molecule has 0 heterocycles. The first-order valence-corrected chi connectivity index (χ1v) is 5.32. The van der Waals surface area contributed by atoms with Crippen molar-refractivity contribution in [2.24, 2.45) is 0 Å². The normalized spacial score (nSPS) is 10.1. The lowest BCUT2D eigenvalue weighted by molar-refractivity contribution is 0.185. The van der Waals surface area contributed by atoms with Crippen molar-refractivity contribution in [3.05, 3.63) is 23.8 Å². The summed E-state index contributed by atoms with van der Waals surface area (Å²) in [6.45, 7) is 5.03. The van der Waals surface area contributed by atoms with E-state index in [1.54, 1.807) is 7.11 Å². The molecule has 0 aliphatic carbocycles. The largest absolute Gasteiger partial charge is 0.493 e. The number of hydrogen-bond acceptors (Lipinski definition) is 3. The van der Waals surface area contributed by atoms with Gasteiger partial charge in [0, 0.05) is 6.54 Å². The monoisotopic (exact) mass is 209 g/mol. The van der Waals surface area contributed by atoms with E-state index in [0.717, 1.165) is 36.4 Å². The van der Waals surface area contributed by atoms with E-state index in [-0.39, 0.29) is 0 Å². The summed E-state index contributed by atoms with van der Waals surface area (Å²) >= 11 is 0. The van der Waals surface area contributed by atoms with Gasteiger partial charge in [-0.05, 0) is 31.0 Å². The van der Waals surface area contributed by atoms with Gasteiger partial charge >= 0.3 is 0 Å². The van der Waals surface area contributed by atoms with Gasteiger partial charge in [-0.25, -0.2) is 0 Å². The molecule has 84 valence electrons. The first-order chi connectivity index (χ1) is 7.27. The second-order valence-electron chi connectivity index (χ2n) is 3.50. The third-order valence-electron chi connectivity index (χ3n) is 2.13. The highest BCUT2D eigenvalue weighted by molar-refractivity contribution is 5.42. The van der Waals surface area contributed by atoms with Crippen LogP contribution in [-0.2, 0) is 0 Å². The van der Waals surface area contributed by atoms with Crippen molar-refractivity contribution in [1.82, 2.24) is 5.48 Å². The van der Waals surface area contributed by atoms with Crippen molar-refractivity contribution >= 4 is 0 Å². The zero-order valence-electron chi connectivity index (χ0n) is 9.67. The molecule has 0 unspecified atom stereocenters. The number of aryl methyl sites for hydroxylation is 1. The first-order valence-electron chi connectivity index (χ1n) is 5.32. The maximum absolute atomic E-state index is 5.44. The molecule has 0 spiro atoms. The molecular weight excluding hydrogens is 190 g/mol. The van der Waals surface area contributed by atoms with Crippen LogP contribution in [0.3, 0.4) is 0 Å².